The van der Waals surface area contributed by atoms with Gasteiger partial charge in [0.2, 0.25) is 5.75 Å². The Kier molecular flexibility index (Phi) is 5.31. The minimum absolute atomic E-state index is 0.572. The van der Waals surface area contributed by atoms with Gasteiger partial charge in [-0.3, -0.25) is 0 Å². The summed E-state index contributed by atoms with van der Waals surface area (Å²) in [5.74, 6) is 3.17. The lowest BCUT2D eigenvalue weighted by atomic mass is 9.90. The second-order valence-electron chi connectivity index (χ2n) is 6.02. The Balaban J connectivity index is 2.38. The topological polar surface area (TPSA) is 46.2 Å². The standard InChI is InChI=1S/C22H24O5/c1-13-15-9-7-8-14-12-18(24-3)17(23-2)11-10-16(14)19(15)21(26-5)22(27-6)20(13)25-4/h7-12H,1-6H3. The molecule has 1 aromatic carbocycles. The van der Waals surface area contributed by atoms with Crippen molar-refractivity contribution in [2.45, 2.75) is 6.92 Å². The van der Waals surface area contributed by atoms with Crippen molar-refractivity contribution in [2.24, 2.45) is 0 Å². The van der Waals surface area contributed by atoms with Crippen LogP contribution in [0.15, 0.2) is 47.5 Å². The van der Waals surface area contributed by atoms with Gasteiger partial charge < -0.3 is 23.7 Å². The highest BCUT2D eigenvalue weighted by Gasteiger charge is 2.28. The molecule has 0 unspecified atom stereocenters. The minimum Gasteiger partial charge on any atom is -0.493 e. The molecule has 2 aliphatic rings. The van der Waals surface area contributed by atoms with Crippen molar-refractivity contribution in [1.29, 1.82) is 0 Å². The average molecular weight is 368 g/mol. The van der Waals surface area contributed by atoms with Gasteiger partial charge in [0.1, 0.15) is 0 Å². The van der Waals surface area contributed by atoms with Crippen molar-refractivity contribution in [1.82, 2.24) is 0 Å². The predicted octanol–water partition coefficient (Wildman–Crippen LogP) is 4.43. The number of fused-ring (bicyclic) bond motifs is 3. The van der Waals surface area contributed by atoms with Gasteiger partial charge in [0.15, 0.2) is 23.0 Å². The second kappa shape index (κ2) is 7.66. The predicted molar refractivity (Wildman–Crippen MR) is 106 cm³/mol. The molecule has 0 atom stereocenters. The van der Waals surface area contributed by atoms with Gasteiger partial charge in [-0.05, 0) is 41.9 Å². The Hall–Kier alpha value is -3.08. The fraction of sp³-hybridized carbons (Fsp3) is 0.273. The summed E-state index contributed by atoms with van der Waals surface area (Å²) in [6.45, 7) is 2.01. The quantitative estimate of drug-likeness (QED) is 0.769. The van der Waals surface area contributed by atoms with Crippen LogP contribution in [0.5, 0.6) is 17.2 Å². The van der Waals surface area contributed by atoms with E-state index in [1.807, 2.05) is 37.3 Å². The lowest BCUT2D eigenvalue weighted by Crippen LogP contribution is -2.04. The molecule has 0 aliphatic heterocycles. The van der Waals surface area contributed by atoms with Gasteiger partial charge in [0, 0.05) is 11.1 Å². The summed E-state index contributed by atoms with van der Waals surface area (Å²) in [5.41, 5.74) is 4.90. The number of hydrogen-bond acceptors (Lipinski definition) is 5. The summed E-state index contributed by atoms with van der Waals surface area (Å²) in [6, 6.07) is 0. The van der Waals surface area contributed by atoms with E-state index >= 15 is 0 Å². The monoisotopic (exact) mass is 368 g/mol. The maximum Gasteiger partial charge on any atom is 0.204 e. The third kappa shape index (κ3) is 2.99. The largest absolute Gasteiger partial charge is 0.493 e. The smallest absolute Gasteiger partial charge is 0.204 e. The molecule has 0 saturated carbocycles. The maximum atomic E-state index is 5.77. The Labute approximate surface area is 159 Å². The van der Waals surface area contributed by atoms with E-state index in [0.717, 1.165) is 27.8 Å². The first-order chi connectivity index (χ1) is 13.1. The van der Waals surface area contributed by atoms with Crippen LogP contribution in [-0.2, 0) is 9.47 Å². The van der Waals surface area contributed by atoms with Crippen LogP contribution in [0.4, 0.5) is 0 Å². The van der Waals surface area contributed by atoms with Crippen LogP contribution in [0.3, 0.4) is 0 Å². The zero-order chi connectivity index (χ0) is 19.6. The average Bonchev–Trinajstić information content (AvgIpc) is 2.97. The van der Waals surface area contributed by atoms with E-state index in [4.69, 9.17) is 23.7 Å². The van der Waals surface area contributed by atoms with Crippen molar-refractivity contribution >= 4 is 11.6 Å². The van der Waals surface area contributed by atoms with Crippen LogP contribution in [0.25, 0.3) is 11.6 Å². The summed E-state index contributed by atoms with van der Waals surface area (Å²) in [6.07, 6.45) is 12.0. The lowest BCUT2D eigenvalue weighted by Gasteiger charge is -2.22. The van der Waals surface area contributed by atoms with E-state index in [-0.39, 0.29) is 0 Å². The second-order valence-corrected chi connectivity index (χ2v) is 6.02. The van der Waals surface area contributed by atoms with Crippen molar-refractivity contribution in [3.05, 3.63) is 64.2 Å². The van der Waals surface area contributed by atoms with Crippen LogP contribution in [0.1, 0.15) is 16.7 Å². The Morgan fingerprint density at radius 1 is 0.667 bits per heavy atom. The molecule has 2 aliphatic carbocycles. The van der Waals surface area contributed by atoms with Gasteiger partial charge in [-0.2, -0.15) is 0 Å². The molecule has 142 valence electrons. The van der Waals surface area contributed by atoms with Crippen molar-refractivity contribution in [2.75, 3.05) is 35.5 Å². The number of benzene rings is 1. The maximum absolute atomic E-state index is 5.77. The molecule has 0 spiro atoms. The molecular weight excluding hydrogens is 344 g/mol. The summed E-state index contributed by atoms with van der Waals surface area (Å²) in [5, 5.41) is 0. The van der Waals surface area contributed by atoms with Crippen LogP contribution >= 0.6 is 0 Å². The lowest BCUT2D eigenvalue weighted by molar-refractivity contribution is 0.220. The first kappa shape index (κ1) is 18.7. The normalized spacial score (nSPS) is 15.0. The van der Waals surface area contributed by atoms with Crippen molar-refractivity contribution in [3.8, 4) is 17.2 Å². The van der Waals surface area contributed by atoms with Gasteiger partial charge >= 0.3 is 0 Å². The molecule has 5 heteroatoms. The minimum atomic E-state index is 0.572. The third-order valence-corrected chi connectivity index (χ3v) is 4.76. The Bertz CT molecular complexity index is 913. The molecule has 0 amide bonds. The van der Waals surface area contributed by atoms with E-state index in [0.29, 0.717) is 28.8 Å². The zero-order valence-corrected chi connectivity index (χ0v) is 16.5. The number of ether oxygens (including phenoxy) is 5. The molecule has 5 nitrogen and oxygen atoms in total. The fourth-order valence-electron chi connectivity index (χ4n) is 3.49. The van der Waals surface area contributed by atoms with Crippen LogP contribution in [0, 0.1) is 6.92 Å². The fourth-order valence-corrected chi connectivity index (χ4v) is 3.49. The SMILES string of the molecule is COC1=CC=C2C(=CC=Cc3c(C)c(OC)c(OC)c(OC)c32)C=C1OC. The van der Waals surface area contributed by atoms with Gasteiger partial charge in [-0.15, -0.1) is 0 Å². The van der Waals surface area contributed by atoms with Crippen molar-refractivity contribution in [3.63, 3.8) is 0 Å². The highest BCUT2D eigenvalue weighted by Crippen LogP contribution is 2.50. The summed E-state index contributed by atoms with van der Waals surface area (Å²) >= 11 is 0. The number of allylic oxidation sites excluding steroid dienone is 7. The first-order valence-corrected chi connectivity index (χ1v) is 8.54. The van der Waals surface area contributed by atoms with Crippen LogP contribution in [-0.4, -0.2) is 35.5 Å². The molecule has 0 bridgehead atoms. The molecule has 0 radical (unpaired) electrons. The van der Waals surface area contributed by atoms with Crippen molar-refractivity contribution < 1.29 is 23.7 Å². The third-order valence-electron chi connectivity index (χ3n) is 4.76. The van der Waals surface area contributed by atoms with Crippen LogP contribution < -0.4 is 14.2 Å². The van der Waals surface area contributed by atoms with E-state index in [1.165, 1.54) is 0 Å². The first-order valence-electron chi connectivity index (χ1n) is 8.54. The Morgan fingerprint density at radius 2 is 1.33 bits per heavy atom. The molecule has 0 heterocycles. The van der Waals surface area contributed by atoms with E-state index < -0.39 is 0 Å². The summed E-state index contributed by atoms with van der Waals surface area (Å²) in [4.78, 5) is 0. The zero-order valence-electron chi connectivity index (χ0n) is 16.5. The van der Waals surface area contributed by atoms with E-state index in [9.17, 15) is 0 Å². The summed E-state index contributed by atoms with van der Waals surface area (Å²) in [7, 11) is 8.13. The van der Waals surface area contributed by atoms with Gasteiger partial charge in [0.25, 0.3) is 0 Å². The van der Waals surface area contributed by atoms with E-state index in [2.05, 4.69) is 6.08 Å². The highest BCUT2D eigenvalue weighted by atomic mass is 16.5. The molecule has 0 fully saturated rings. The molecule has 1 aromatic rings. The molecule has 27 heavy (non-hydrogen) atoms. The molecule has 0 aromatic heterocycles. The number of methoxy groups -OCH3 is 5. The molecule has 0 N–H and O–H groups in total. The summed E-state index contributed by atoms with van der Waals surface area (Å²) < 4.78 is 28.0. The number of rotatable bonds is 5. The molecular formula is C22H24O5. The highest BCUT2D eigenvalue weighted by molar-refractivity contribution is 5.95. The van der Waals surface area contributed by atoms with Crippen LogP contribution in [0.2, 0.25) is 0 Å². The van der Waals surface area contributed by atoms with E-state index in [1.54, 1.807) is 35.5 Å². The molecule has 3 rings (SSSR count). The molecule has 0 saturated heterocycles. The number of hydrogen-bond donors (Lipinski definition) is 0. The van der Waals surface area contributed by atoms with Gasteiger partial charge in [0.05, 0.1) is 35.5 Å². The van der Waals surface area contributed by atoms with Gasteiger partial charge in [-0.1, -0.05) is 18.2 Å². The van der Waals surface area contributed by atoms with Gasteiger partial charge in [-0.25, -0.2) is 0 Å². The Morgan fingerprint density at radius 3 is 1.93 bits per heavy atom.